The Morgan fingerprint density at radius 2 is 2.26 bits per heavy atom. The predicted octanol–water partition coefficient (Wildman–Crippen LogP) is 3.93. The Morgan fingerprint density at radius 1 is 1.53 bits per heavy atom. The van der Waals surface area contributed by atoms with E-state index in [-0.39, 0.29) is 5.02 Å². The number of aliphatic hydroxyl groups is 1. The van der Waals surface area contributed by atoms with Gasteiger partial charge in [0.1, 0.15) is 11.9 Å². The highest BCUT2D eigenvalue weighted by atomic mass is 79.9. The van der Waals surface area contributed by atoms with Crippen LogP contribution < -0.4 is 0 Å². The molecule has 1 unspecified atom stereocenters. The Balaban J connectivity index is 2.40. The van der Waals surface area contributed by atoms with Crippen LogP contribution in [0.4, 0.5) is 4.39 Å². The van der Waals surface area contributed by atoms with Crippen LogP contribution >= 0.6 is 27.5 Å². The van der Waals surface area contributed by atoms with Gasteiger partial charge in [0, 0.05) is 6.54 Å². The van der Waals surface area contributed by atoms with E-state index in [0.29, 0.717) is 22.3 Å². The van der Waals surface area contributed by atoms with Gasteiger partial charge in [-0.3, -0.25) is 4.68 Å². The third kappa shape index (κ3) is 2.99. The third-order valence-electron chi connectivity index (χ3n) is 2.79. The molecular weight excluding hydrogens is 335 g/mol. The van der Waals surface area contributed by atoms with Gasteiger partial charge in [0.15, 0.2) is 0 Å². The van der Waals surface area contributed by atoms with Crippen molar-refractivity contribution in [3.63, 3.8) is 0 Å². The summed E-state index contributed by atoms with van der Waals surface area (Å²) in [5.41, 5.74) is 1.06. The number of halogens is 3. The number of aromatic nitrogens is 2. The second kappa shape index (κ2) is 6.03. The average molecular weight is 348 g/mol. The van der Waals surface area contributed by atoms with Crippen LogP contribution in [0.2, 0.25) is 5.02 Å². The molecule has 0 aliphatic rings. The largest absolute Gasteiger partial charge is 0.382 e. The summed E-state index contributed by atoms with van der Waals surface area (Å²) in [5.74, 6) is -0.545. The average Bonchev–Trinajstić information content (AvgIpc) is 2.74. The third-order valence-corrected chi connectivity index (χ3v) is 3.70. The first kappa shape index (κ1) is 14.5. The van der Waals surface area contributed by atoms with Crippen LogP contribution in [0.25, 0.3) is 0 Å². The second-order valence-corrected chi connectivity index (χ2v) is 5.44. The molecule has 0 fully saturated rings. The van der Waals surface area contributed by atoms with Gasteiger partial charge in [0.25, 0.3) is 0 Å². The van der Waals surface area contributed by atoms with Gasteiger partial charge in [-0.1, -0.05) is 24.6 Å². The number of rotatable bonds is 4. The van der Waals surface area contributed by atoms with E-state index in [9.17, 15) is 9.50 Å². The number of hydrogen-bond donors (Lipinski definition) is 1. The molecule has 0 aliphatic heterocycles. The minimum absolute atomic E-state index is 0.0390. The number of nitrogens with zero attached hydrogens (tertiary/aromatic N) is 2. The highest BCUT2D eigenvalue weighted by molar-refractivity contribution is 9.10. The zero-order valence-electron chi connectivity index (χ0n) is 10.3. The number of aryl methyl sites for hydroxylation is 1. The molecular formula is C13H13BrClFN2O. The van der Waals surface area contributed by atoms with Gasteiger partial charge in [-0.15, -0.1) is 0 Å². The lowest BCUT2D eigenvalue weighted by molar-refractivity contribution is 0.206. The quantitative estimate of drug-likeness (QED) is 0.910. The molecule has 1 heterocycles. The topological polar surface area (TPSA) is 38.0 Å². The van der Waals surface area contributed by atoms with E-state index in [2.05, 4.69) is 21.0 Å². The van der Waals surface area contributed by atoms with Crippen LogP contribution in [0.5, 0.6) is 0 Å². The molecule has 0 bridgehead atoms. The van der Waals surface area contributed by atoms with Crippen LogP contribution in [0.1, 0.15) is 30.7 Å². The van der Waals surface area contributed by atoms with E-state index in [1.807, 2.05) is 6.92 Å². The first-order chi connectivity index (χ1) is 9.04. The van der Waals surface area contributed by atoms with Crippen LogP contribution in [0.3, 0.4) is 0 Å². The SMILES string of the molecule is CCCn1ncc(Br)c1C(O)c1ccc(Cl)c(F)c1. The van der Waals surface area contributed by atoms with Gasteiger partial charge in [0.05, 0.1) is 21.4 Å². The van der Waals surface area contributed by atoms with Crippen molar-refractivity contribution >= 4 is 27.5 Å². The smallest absolute Gasteiger partial charge is 0.142 e. The molecule has 0 radical (unpaired) electrons. The summed E-state index contributed by atoms with van der Waals surface area (Å²) in [6.07, 6.45) is 1.57. The highest BCUT2D eigenvalue weighted by Crippen LogP contribution is 2.30. The van der Waals surface area contributed by atoms with E-state index < -0.39 is 11.9 Å². The molecule has 2 rings (SSSR count). The summed E-state index contributed by atoms with van der Waals surface area (Å²) in [6, 6.07) is 4.28. The molecule has 1 atom stereocenters. The molecule has 2 aromatic rings. The second-order valence-electron chi connectivity index (χ2n) is 4.18. The Kier molecular flexibility index (Phi) is 4.60. The maximum Gasteiger partial charge on any atom is 0.142 e. The van der Waals surface area contributed by atoms with E-state index >= 15 is 0 Å². The standard InChI is InChI=1S/C13H13BrClFN2O/c1-2-5-18-12(9(14)7-17-18)13(19)8-3-4-10(15)11(16)6-8/h3-4,6-7,13,19H,2,5H2,1H3. The molecule has 1 aromatic heterocycles. The van der Waals surface area contributed by atoms with Crippen LogP contribution in [0, 0.1) is 5.82 Å². The lowest BCUT2D eigenvalue weighted by atomic mass is 10.1. The van der Waals surface area contributed by atoms with Crippen LogP contribution in [-0.2, 0) is 6.54 Å². The molecule has 0 saturated carbocycles. The maximum atomic E-state index is 13.5. The fraction of sp³-hybridized carbons (Fsp3) is 0.308. The summed E-state index contributed by atoms with van der Waals surface area (Å²) < 4.78 is 15.9. The normalized spacial score (nSPS) is 12.7. The first-order valence-electron chi connectivity index (χ1n) is 5.88. The Morgan fingerprint density at radius 3 is 2.89 bits per heavy atom. The number of hydrogen-bond acceptors (Lipinski definition) is 2. The summed E-state index contributed by atoms with van der Waals surface area (Å²) >= 11 is 8.99. The van der Waals surface area contributed by atoms with Gasteiger partial charge < -0.3 is 5.11 Å². The Labute approximate surface area is 124 Å². The lowest BCUT2D eigenvalue weighted by Crippen LogP contribution is -2.11. The van der Waals surface area contributed by atoms with Crippen molar-refractivity contribution in [2.75, 3.05) is 0 Å². The van der Waals surface area contributed by atoms with E-state index in [0.717, 1.165) is 6.42 Å². The van der Waals surface area contributed by atoms with E-state index in [1.54, 1.807) is 16.9 Å². The van der Waals surface area contributed by atoms with Crippen molar-refractivity contribution in [2.24, 2.45) is 0 Å². The molecule has 102 valence electrons. The van der Waals surface area contributed by atoms with Gasteiger partial charge in [0.2, 0.25) is 0 Å². The molecule has 0 saturated heterocycles. The number of aliphatic hydroxyl groups excluding tert-OH is 1. The molecule has 1 aromatic carbocycles. The number of benzene rings is 1. The van der Waals surface area contributed by atoms with Gasteiger partial charge in [-0.2, -0.15) is 5.10 Å². The molecule has 6 heteroatoms. The molecule has 0 aliphatic carbocycles. The summed E-state index contributed by atoms with van der Waals surface area (Å²) in [5, 5.41) is 14.6. The van der Waals surface area contributed by atoms with Crippen molar-refractivity contribution < 1.29 is 9.50 Å². The summed E-state index contributed by atoms with van der Waals surface area (Å²) in [7, 11) is 0. The highest BCUT2D eigenvalue weighted by Gasteiger charge is 2.20. The predicted molar refractivity (Wildman–Crippen MR) is 75.7 cm³/mol. The maximum absolute atomic E-state index is 13.5. The van der Waals surface area contributed by atoms with Crippen molar-refractivity contribution in [3.05, 3.63) is 51.0 Å². The zero-order valence-corrected chi connectivity index (χ0v) is 12.6. The van der Waals surface area contributed by atoms with Gasteiger partial charge in [-0.05, 0) is 40.0 Å². The molecule has 19 heavy (non-hydrogen) atoms. The molecule has 0 amide bonds. The summed E-state index contributed by atoms with van der Waals surface area (Å²) in [6.45, 7) is 2.71. The minimum atomic E-state index is -0.949. The molecule has 0 spiro atoms. The molecule has 1 N–H and O–H groups in total. The van der Waals surface area contributed by atoms with Crippen LogP contribution in [-0.4, -0.2) is 14.9 Å². The van der Waals surface area contributed by atoms with Gasteiger partial charge >= 0.3 is 0 Å². The Hall–Kier alpha value is -0.910. The first-order valence-corrected chi connectivity index (χ1v) is 7.06. The summed E-state index contributed by atoms with van der Waals surface area (Å²) in [4.78, 5) is 0. The van der Waals surface area contributed by atoms with Gasteiger partial charge in [-0.25, -0.2) is 4.39 Å². The van der Waals surface area contributed by atoms with Crippen molar-refractivity contribution in [3.8, 4) is 0 Å². The van der Waals surface area contributed by atoms with E-state index in [1.165, 1.54) is 12.1 Å². The van der Waals surface area contributed by atoms with Crippen molar-refractivity contribution in [1.29, 1.82) is 0 Å². The van der Waals surface area contributed by atoms with Crippen LogP contribution in [0.15, 0.2) is 28.9 Å². The van der Waals surface area contributed by atoms with Crippen molar-refractivity contribution in [1.82, 2.24) is 9.78 Å². The minimum Gasteiger partial charge on any atom is -0.382 e. The fourth-order valence-electron chi connectivity index (χ4n) is 1.87. The van der Waals surface area contributed by atoms with E-state index in [4.69, 9.17) is 11.6 Å². The zero-order chi connectivity index (χ0) is 14.0. The van der Waals surface area contributed by atoms with Crippen molar-refractivity contribution in [2.45, 2.75) is 26.0 Å². The fourth-order valence-corrected chi connectivity index (χ4v) is 2.50. The monoisotopic (exact) mass is 346 g/mol. The Bertz CT molecular complexity index is 588. The molecule has 3 nitrogen and oxygen atoms in total. The lowest BCUT2D eigenvalue weighted by Gasteiger charge is -2.14.